The molecule has 1 aromatic carbocycles. The lowest BCUT2D eigenvalue weighted by Crippen LogP contribution is -2.43. The van der Waals surface area contributed by atoms with Crippen LogP contribution in [0.4, 0.5) is 8.78 Å². The van der Waals surface area contributed by atoms with Crippen molar-refractivity contribution in [3.8, 4) is 11.8 Å². The number of halogens is 2. The molecule has 0 spiro atoms. The molecule has 0 bridgehead atoms. The molecule has 1 aliphatic rings. The molecule has 1 aromatic heterocycles. The Bertz CT molecular complexity index is 794. The van der Waals surface area contributed by atoms with Gasteiger partial charge >= 0.3 is 12.7 Å². The van der Waals surface area contributed by atoms with Crippen LogP contribution in [0.5, 0.6) is 11.8 Å². The second-order valence-corrected chi connectivity index (χ2v) is 6.65. The Labute approximate surface area is 171 Å². The maximum Gasteiger partial charge on any atom is 0.414 e. The van der Waals surface area contributed by atoms with Crippen LogP contribution in [0.2, 0.25) is 0 Å². The zero-order valence-electron chi connectivity index (χ0n) is 16.4. The van der Waals surface area contributed by atoms with Crippen molar-refractivity contribution in [1.82, 2.24) is 15.5 Å². The van der Waals surface area contributed by atoms with Crippen LogP contribution in [0.3, 0.4) is 0 Å². The third-order valence-electron chi connectivity index (χ3n) is 4.28. The molecule has 2 aromatic rings. The van der Waals surface area contributed by atoms with Gasteiger partial charge in [-0.05, 0) is 31.9 Å². The first-order valence-corrected chi connectivity index (χ1v) is 9.46. The molecule has 1 fully saturated rings. The minimum absolute atomic E-state index is 0.0807. The molecule has 30 heavy (non-hydrogen) atoms. The van der Waals surface area contributed by atoms with E-state index in [-0.39, 0.29) is 50.3 Å². The van der Waals surface area contributed by atoms with Gasteiger partial charge in [0.05, 0.1) is 19.3 Å². The number of nitrogens with zero attached hydrogens (tertiary/aromatic N) is 2. The molecule has 3 rings (SSSR count). The summed E-state index contributed by atoms with van der Waals surface area (Å²) in [7, 11) is 0. The molecule has 0 aliphatic carbocycles. The topological polar surface area (TPSA) is 105 Å². The Hall–Kier alpha value is -2.79. The SMILES string of the molecule is Cc1ccc(OCC(=O)N[C@@H]2CC[C@@H](c3nnc(OCCOC(F)F)o3)OC2)cc1. The fourth-order valence-electron chi connectivity index (χ4n) is 2.79. The van der Waals surface area contributed by atoms with Crippen molar-refractivity contribution in [2.75, 3.05) is 26.4 Å². The van der Waals surface area contributed by atoms with E-state index in [1.54, 1.807) is 0 Å². The second-order valence-electron chi connectivity index (χ2n) is 6.65. The molecule has 164 valence electrons. The number of carbonyl (C=O) groups is 1. The molecule has 2 heterocycles. The summed E-state index contributed by atoms with van der Waals surface area (Å²) in [4.78, 5) is 12.1. The Morgan fingerprint density at radius 1 is 1.20 bits per heavy atom. The highest BCUT2D eigenvalue weighted by molar-refractivity contribution is 5.77. The van der Waals surface area contributed by atoms with Crippen molar-refractivity contribution in [2.24, 2.45) is 0 Å². The fraction of sp³-hybridized carbons (Fsp3) is 0.526. The third-order valence-corrected chi connectivity index (χ3v) is 4.28. The summed E-state index contributed by atoms with van der Waals surface area (Å²) in [5.41, 5.74) is 1.11. The van der Waals surface area contributed by atoms with Crippen molar-refractivity contribution in [1.29, 1.82) is 0 Å². The van der Waals surface area contributed by atoms with Gasteiger partial charge in [-0.25, -0.2) is 0 Å². The number of alkyl halides is 2. The first-order valence-electron chi connectivity index (χ1n) is 9.46. The minimum atomic E-state index is -2.86. The molecule has 11 heteroatoms. The van der Waals surface area contributed by atoms with Crippen molar-refractivity contribution in [2.45, 2.75) is 38.5 Å². The van der Waals surface area contributed by atoms with Gasteiger partial charge in [-0.1, -0.05) is 22.8 Å². The second kappa shape index (κ2) is 10.8. The number of hydrogen-bond acceptors (Lipinski definition) is 8. The van der Waals surface area contributed by atoms with Gasteiger partial charge in [0, 0.05) is 0 Å². The lowest BCUT2D eigenvalue weighted by atomic mass is 10.1. The normalized spacial score (nSPS) is 18.9. The predicted molar refractivity (Wildman–Crippen MR) is 98.3 cm³/mol. The molecule has 1 N–H and O–H groups in total. The molecule has 0 unspecified atom stereocenters. The fourth-order valence-corrected chi connectivity index (χ4v) is 2.79. The molecule has 0 radical (unpaired) electrons. The predicted octanol–water partition coefficient (Wildman–Crippen LogP) is 2.41. The number of amides is 1. The summed E-state index contributed by atoms with van der Waals surface area (Å²) in [5.74, 6) is 0.625. The van der Waals surface area contributed by atoms with E-state index in [1.807, 2.05) is 31.2 Å². The zero-order valence-corrected chi connectivity index (χ0v) is 16.4. The van der Waals surface area contributed by atoms with Crippen molar-refractivity contribution in [3.63, 3.8) is 0 Å². The number of nitrogens with one attached hydrogen (secondary N) is 1. The average Bonchev–Trinajstić information content (AvgIpc) is 3.20. The van der Waals surface area contributed by atoms with Crippen LogP contribution in [0, 0.1) is 6.92 Å². The van der Waals surface area contributed by atoms with Gasteiger partial charge in [-0.2, -0.15) is 8.78 Å². The summed E-state index contributed by atoms with van der Waals surface area (Å²) in [5, 5.41) is 10.4. The smallest absolute Gasteiger partial charge is 0.414 e. The number of rotatable bonds is 10. The maximum atomic E-state index is 12.1. The summed E-state index contributed by atoms with van der Waals surface area (Å²) in [6.45, 7) is -1.13. The van der Waals surface area contributed by atoms with Crippen LogP contribution >= 0.6 is 0 Å². The number of aromatic nitrogens is 2. The first-order chi connectivity index (χ1) is 14.5. The lowest BCUT2D eigenvalue weighted by Gasteiger charge is -2.27. The Balaban J connectivity index is 1.35. The van der Waals surface area contributed by atoms with E-state index >= 15 is 0 Å². The highest BCUT2D eigenvalue weighted by Gasteiger charge is 2.28. The highest BCUT2D eigenvalue weighted by atomic mass is 19.3. The van der Waals surface area contributed by atoms with Gasteiger partial charge in [-0.3, -0.25) is 4.79 Å². The van der Waals surface area contributed by atoms with E-state index in [2.05, 4.69) is 20.3 Å². The first kappa shape index (κ1) is 21.9. The van der Waals surface area contributed by atoms with E-state index in [0.29, 0.717) is 18.6 Å². The average molecular weight is 427 g/mol. The minimum Gasteiger partial charge on any atom is -0.484 e. The van der Waals surface area contributed by atoms with Crippen molar-refractivity contribution < 1.29 is 36.9 Å². The molecule has 1 aliphatic heterocycles. The summed E-state index contributed by atoms with van der Waals surface area (Å²) in [6.07, 6.45) is 0.640. The van der Waals surface area contributed by atoms with Gasteiger partial charge in [-0.15, -0.1) is 5.10 Å². The van der Waals surface area contributed by atoms with E-state index in [0.717, 1.165) is 5.56 Å². The molecule has 1 saturated heterocycles. The van der Waals surface area contributed by atoms with Crippen LogP contribution in [-0.2, 0) is 14.3 Å². The van der Waals surface area contributed by atoms with Crippen LogP contribution in [-0.4, -0.2) is 55.2 Å². The maximum absolute atomic E-state index is 12.1. The van der Waals surface area contributed by atoms with Gasteiger partial charge in [0.2, 0.25) is 5.89 Å². The van der Waals surface area contributed by atoms with Crippen LogP contribution in [0.1, 0.15) is 30.4 Å². The van der Waals surface area contributed by atoms with E-state index in [1.165, 1.54) is 0 Å². The van der Waals surface area contributed by atoms with Crippen LogP contribution in [0.25, 0.3) is 0 Å². The molecule has 1 amide bonds. The van der Waals surface area contributed by atoms with Crippen molar-refractivity contribution >= 4 is 5.91 Å². The summed E-state index contributed by atoms with van der Waals surface area (Å²) in [6, 6.07) is 7.29. The molecular weight excluding hydrogens is 404 g/mol. The number of benzene rings is 1. The lowest BCUT2D eigenvalue weighted by molar-refractivity contribution is -0.134. The monoisotopic (exact) mass is 427 g/mol. The van der Waals surface area contributed by atoms with Crippen LogP contribution < -0.4 is 14.8 Å². The summed E-state index contributed by atoms with van der Waals surface area (Å²) >= 11 is 0. The van der Waals surface area contributed by atoms with Crippen LogP contribution in [0.15, 0.2) is 28.7 Å². The zero-order chi connectivity index (χ0) is 21.3. The Kier molecular flexibility index (Phi) is 7.91. The molecule has 9 nitrogen and oxygen atoms in total. The van der Waals surface area contributed by atoms with Gasteiger partial charge < -0.3 is 28.7 Å². The van der Waals surface area contributed by atoms with Gasteiger partial charge in [0.1, 0.15) is 18.5 Å². The summed E-state index contributed by atoms with van der Waals surface area (Å²) < 4.78 is 49.3. The Morgan fingerprint density at radius 2 is 2.00 bits per heavy atom. The van der Waals surface area contributed by atoms with E-state index < -0.39 is 12.7 Å². The number of ether oxygens (including phenoxy) is 4. The third kappa shape index (κ3) is 6.92. The highest BCUT2D eigenvalue weighted by Crippen LogP contribution is 2.28. The number of aryl methyl sites for hydroxylation is 1. The van der Waals surface area contributed by atoms with Crippen molar-refractivity contribution in [3.05, 3.63) is 35.7 Å². The standard InChI is InChI=1S/C19H23F2N3O6/c1-12-2-5-14(6-3-12)28-11-16(25)22-13-4-7-15(29-10-13)17-23-24-19(30-17)27-9-8-26-18(20)21/h2-3,5-6,13,15,18H,4,7-11H2,1H3,(H,22,25)/t13-,15+/m1/s1. The van der Waals surface area contributed by atoms with Gasteiger partial charge in [0.15, 0.2) is 6.61 Å². The largest absolute Gasteiger partial charge is 0.484 e. The quantitative estimate of drug-likeness (QED) is 0.577. The van der Waals surface area contributed by atoms with E-state index in [4.69, 9.17) is 18.6 Å². The number of carbonyl (C=O) groups excluding carboxylic acids is 1. The molecule has 2 atom stereocenters. The molecule has 0 saturated carbocycles. The van der Waals surface area contributed by atoms with Gasteiger partial charge in [0.25, 0.3) is 5.91 Å². The Morgan fingerprint density at radius 3 is 2.70 bits per heavy atom. The number of hydrogen-bond donors (Lipinski definition) is 1. The van der Waals surface area contributed by atoms with E-state index in [9.17, 15) is 13.6 Å². The molecular formula is C19H23F2N3O6.